The van der Waals surface area contributed by atoms with Crippen LogP contribution >= 0.6 is 11.8 Å². The summed E-state index contributed by atoms with van der Waals surface area (Å²) < 4.78 is 5.00. The van der Waals surface area contributed by atoms with Gasteiger partial charge < -0.3 is 10.1 Å². The van der Waals surface area contributed by atoms with Gasteiger partial charge in [0.1, 0.15) is 0 Å². The van der Waals surface area contributed by atoms with Crippen LogP contribution in [0.2, 0.25) is 0 Å². The molecule has 3 heteroatoms. The van der Waals surface area contributed by atoms with Gasteiger partial charge in [-0.25, -0.2) is 0 Å². The second-order valence-corrected chi connectivity index (χ2v) is 4.78. The summed E-state index contributed by atoms with van der Waals surface area (Å²) in [5, 5.41) is 3.43. The van der Waals surface area contributed by atoms with E-state index in [4.69, 9.17) is 4.74 Å². The summed E-state index contributed by atoms with van der Waals surface area (Å²) in [6.07, 6.45) is 3.81. The summed E-state index contributed by atoms with van der Waals surface area (Å²) >= 11 is 2.05. The van der Waals surface area contributed by atoms with E-state index in [1.54, 1.807) is 7.11 Å². The maximum atomic E-state index is 5.00. The lowest BCUT2D eigenvalue weighted by atomic mass is 10.2. The summed E-state index contributed by atoms with van der Waals surface area (Å²) in [4.78, 5) is 0. The van der Waals surface area contributed by atoms with E-state index in [0.717, 1.165) is 13.2 Å². The van der Waals surface area contributed by atoms with Crippen molar-refractivity contribution in [2.75, 3.05) is 31.8 Å². The number of thioether (sulfide) groups is 1. The molecule has 0 bridgehead atoms. The van der Waals surface area contributed by atoms with E-state index in [0.29, 0.717) is 6.04 Å². The lowest BCUT2D eigenvalue weighted by Gasteiger charge is -2.11. The molecule has 0 aromatic carbocycles. The van der Waals surface area contributed by atoms with E-state index in [9.17, 15) is 0 Å². The van der Waals surface area contributed by atoms with Crippen LogP contribution in [0, 0.1) is 0 Å². The minimum Gasteiger partial charge on any atom is -0.385 e. The SMILES string of the molecule is CCNC(C)CCCSCCCOC. The molecule has 0 aliphatic rings. The van der Waals surface area contributed by atoms with Crippen molar-refractivity contribution >= 4 is 11.8 Å². The van der Waals surface area contributed by atoms with Crippen LogP contribution in [0.4, 0.5) is 0 Å². The Morgan fingerprint density at radius 1 is 1.29 bits per heavy atom. The van der Waals surface area contributed by atoms with Gasteiger partial charge in [0, 0.05) is 19.8 Å². The number of hydrogen-bond donors (Lipinski definition) is 1. The highest BCUT2D eigenvalue weighted by atomic mass is 32.2. The highest BCUT2D eigenvalue weighted by Gasteiger charge is 1.98. The third-order valence-corrected chi connectivity index (χ3v) is 3.27. The third kappa shape index (κ3) is 10.4. The van der Waals surface area contributed by atoms with Crippen molar-refractivity contribution in [1.82, 2.24) is 5.32 Å². The Morgan fingerprint density at radius 2 is 2.00 bits per heavy atom. The number of nitrogens with one attached hydrogen (secondary N) is 1. The predicted molar refractivity (Wildman–Crippen MR) is 66.2 cm³/mol. The molecule has 1 unspecified atom stereocenters. The average molecular weight is 219 g/mol. The lowest BCUT2D eigenvalue weighted by molar-refractivity contribution is 0.200. The van der Waals surface area contributed by atoms with Gasteiger partial charge in [-0.05, 0) is 44.2 Å². The highest BCUT2D eigenvalue weighted by Crippen LogP contribution is 2.07. The number of hydrogen-bond acceptors (Lipinski definition) is 3. The van der Waals surface area contributed by atoms with E-state index in [-0.39, 0.29) is 0 Å². The Kier molecular flexibility index (Phi) is 11.6. The van der Waals surface area contributed by atoms with E-state index < -0.39 is 0 Å². The standard InChI is InChI=1S/C11H25NOS/c1-4-12-11(2)7-5-9-14-10-6-8-13-3/h11-12H,4-10H2,1-3H3. The van der Waals surface area contributed by atoms with Gasteiger partial charge in [-0.1, -0.05) is 6.92 Å². The molecule has 0 spiro atoms. The molecule has 0 saturated heterocycles. The van der Waals surface area contributed by atoms with E-state index in [1.165, 1.54) is 30.8 Å². The fraction of sp³-hybridized carbons (Fsp3) is 1.00. The highest BCUT2D eigenvalue weighted by molar-refractivity contribution is 7.99. The first-order valence-corrected chi connectivity index (χ1v) is 6.76. The topological polar surface area (TPSA) is 21.3 Å². The van der Waals surface area contributed by atoms with Crippen LogP contribution in [0.5, 0.6) is 0 Å². The molecule has 14 heavy (non-hydrogen) atoms. The molecule has 0 aromatic heterocycles. The summed E-state index contributed by atoms with van der Waals surface area (Å²) in [7, 11) is 1.77. The monoisotopic (exact) mass is 219 g/mol. The number of methoxy groups -OCH3 is 1. The van der Waals surface area contributed by atoms with Crippen molar-refractivity contribution in [2.45, 2.75) is 39.2 Å². The molecule has 0 amide bonds. The maximum Gasteiger partial charge on any atom is 0.0470 e. The van der Waals surface area contributed by atoms with Gasteiger partial charge in [0.2, 0.25) is 0 Å². The fourth-order valence-electron chi connectivity index (χ4n) is 1.35. The number of ether oxygens (including phenoxy) is 1. The molecule has 0 aliphatic heterocycles. The van der Waals surface area contributed by atoms with Crippen molar-refractivity contribution in [3.8, 4) is 0 Å². The maximum absolute atomic E-state index is 5.00. The lowest BCUT2D eigenvalue weighted by Crippen LogP contribution is -2.25. The van der Waals surface area contributed by atoms with Gasteiger partial charge in [-0.3, -0.25) is 0 Å². The largest absolute Gasteiger partial charge is 0.385 e. The zero-order valence-corrected chi connectivity index (χ0v) is 10.7. The molecule has 0 saturated carbocycles. The second-order valence-electron chi connectivity index (χ2n) is 3.56. The van der Waals surface area contributed by atoms with Crippen molar-refractivity contribution in [3.63, 3.8) is 0 Å². The Bertz CT molecular complexity index is 111. The molecule has 0 rings (SSSR count). The van der Waals surface area contributed by atoms with Crippen LogP contribution in [-0.4, -0.2) is 37.8 Å². The Balaban J connectivity index is 2.98. The summed E-state index contributed by atoms with van der Waals surface area (Å²) in [5.41, 5.74) is 0. The Hall–Kier alpha value is 0.270. The summed E-state index contributed by atoms with van der Waals surface area (Å²) in [6, 6.07) is 0.680. The molecule has 0 fully saturated rings. The predicted octanol–water partition coefficient (Wildman–Crippen LogP) is 2.53. The number of rotatable bonds is 10. The summed E-state index contributed by atoms with van der Waals surface area (Å²) in [6.45, 7) is 6.41. The Labute approximate surface area is 93.2 Å². The molecular formula is C11H25NOS. The molecule has 1 atom stereocenters. The average Bonchev–Trinajstić information content (AvgIpc) is 2.17. The van der Waals surface area contributed by atoms with Gasteiger partial charge in [-0.15, -0.1) is 0 Å². The molecule has 0 heterocycles. The van der Waals surface area contributed by atoms with Crippen LogP contribution in [0.15, 0.2) is 0 Å². The van der Waals surface area contributed by atoms with Gasteiger partial charge >= 0.3 is 0 Å². The first kappa shape index (κ1) is 14.3. The molecule has 1 N–H and O–H groups in total. The van der Waals surface area contributed by atoms with Gasteiger partial charge in [0.05, 0.1) is 0 Å². The van der Waals surface area contributed by atoms with Gasteiger partial charge in [0.25, 0.3) is 0 Å². The zero-order valence-electron chi connectivity index (χ0n) is 9.84. The molecular weight excluding hydrogens is 194 g/mol. The first-order valence-electron chi connectivity index (χ1n) is 5.61. The van der Waals surface area contributed by atoms with Crippen LogP contribution in [0.1, 0.15) is 33.1 Å². The third-order valence-electron chi connectivity index (χ3n) is 2.12. The normalized spacial score (nSPS) is 13.1. The van der Waals surface area contributed by atoms with Crippen LogP contribution in [0.3, 0.4) is 0 Å². The van der Waals surface area contributed by atoms with Crippen LogP contribution < -0.4 is 5.32 Å². The zero-order chi connectivity index (χ0) is 10.6. The Morgan fingerprint density at radius 3 is 2.64 bits per heavy atom. The van der Waals surface area contributed by atoms with Crippen molar-refractivity contribution in [3.05, 3.63) is 0 Å². The van der Waals surface area contributed by atoms with Crippen LogP contribution in [0.25, 0.3) is 0 Å². The van der Waals surface area contributed by atoms with E-state index in [2.05, 4.69) is 19.2 Å². The minimum atomic E-state index is 0.680. The molecule has 86 valence electrons. The quantitative estimate of drug-likeness (QED) is 0.571. The van der Waals surface area contributed by atoms with Crippen molar-refractivity contribution < 1.29 is 4.74 Å². The van der Waals surface area contributed by atoms with E-state index in [1.807, 2.05) is 11.8 Å². The van der Waals surface area contributed by atoms with Gasteiger partial charge in [0.15, 0.2) is 0 Å². The molecule has 0 aromatic rings. The van der Waals surface area contributed by atoms with Crippen molar-refractivity contribution in [2.24, 2.45) is 0 Å². The molecule has 2 nitrogen and oxygen atoms in total. The first-order chi connectivity index (χ1) is 6.81. The minimum absolute atomic E-state index is 0.680. The summed E-state index contributed by atoms with van der Waals surface area (Å²) in [5.74, 6) is 2.53. The van der Waals surface area contributed by atoms with Crippen LogP contribution in [-0.2, 0) is 4.74 Å². The van der Waals surface area contributed by atoms with Gasteiger partial charge in [-0.2, -0.15) is 11.8 Å². The van der Waals surface area contributed by atoms with E-state index >= 15 is 0 Å². The fourth-order valence-corrected chi connectivity index (χ4v) is 2.25. The van der Waals surface area contributed by atoms with Crippen molar-refractivity contribution in [1.29, 1.82) is 0 Å². The second kappa shape index (κ2) is 11.3. The smallest absolute Gasteiger partial charge is 0.0470 e. The molecule has 0 radical (unpaired) electrons. The molecule has 0 aliphatic carbocycles.